The van der Waals surface area contributed by atoms with Crippen molar-refractivity contribution >= 4 is 5.69 Å². The highest BCUT2D eigenvalue weighted by Crippen LogP contribution is 2.22. The second-order valence-electron chi connectivity index (χ2n) is 5.78. The SMILES string of the molecule is CCNCc1cc(CN(C)c2cc(C)cc(C)c2)c(C)o1. The summed E-state index contributed by atoms with van der Waals surface area (Å²) in [7, 11) is 2.13. The lowest BCUT2D eigenvalue weighted by atomic mass is 10.1. The van der Waals surface area contributed by atoms with Gasteiger partial charge in [0, 0.05) is 24.8 Å². The highest BCUT2D eigenvalue weighted by atomic mass is 16.3. The molecule has 0 atom stereocenters. The van der Waals surface area contributed by atoms with Crippen LogP contribution in [0.25, 0.3) is 0 Å². The maximum atomic E-state index is 5.81. The van der Waals surface area contributed by atoms with Crippen molar-refractivity contribution in [3.63, 3.8) is 0 Å². The number of furan rings is 1. The third-order valence-electron chi connectivity index (χ3n) is 3.68. The maximum Gasteiger partial charge on any atom is 0.118 e. The molecular weight excluding hydrogens is 260 g/mol. The third kappa shape index (κ3) is 4.11. The van der Waals surface area contributed by atoms with E-state index in [1.54, 1.807) is 0 Å². The molecule has 1 heterocycles. The van der Waals surface area contributed by atoms with Gasteiger partial charge in [-0.2, -0.15) is 0 Å². The summed E-state index contributed by atoms with van der Waals surface area (Å²) in [5.74, 6) is 2.03. The van der Waals surface area contributed by atoms with Crippen LogP contribution in [0.5, 0.6) is 0 Å². The lowest BCUT2D eigenvalue weighted by Crippen LogP contribution is -2.16. The van der Waals surface area contributed by atoms with E-state index in [1.165, 1.54) is 22.4 Å². The fourth-order valence-corrected chi connectivity index (χ4v) is 2.60. The van der Waals surface area contributed by atoms with Crippen molar-refractivity contribution in [1.82, 2.24) is 5.32 Å². The van der Waals surface area contributed by atoms with Crippen LogP contribution in [0.4, 0.5) is 5.69 Å². The molecule has 2 rings (SSSR count). The Labute approximate surface area is 128 Å². The van der Waals surface area contributed by atoms with Crippen LogP contribution in [0.2, 0.25) is 0 Å². The van der Waals surface area contributed by atoms with Gasteiger partial charge >= 0.3 is 0 Å². The van der Waals surface area contributed by atoms with Gasteiger partial charge in [0.25, 0.3) is 0 Å². The van der Waals surface area contributed by atoms with E-state index in [9.17, 15) is 0 Å². The van der Waals surface area contributed by atoms with Crippen molar-refractivity contribution < 1.29 is 4.42 Å². The number of rotatable bonds is 6. The minimum Gasteiger partial charge on any atom is -0.465 e. The Kier molecular flexibility index (Phi) is 5.07. The van der Waals surface area contributed by atoms with Crippen LogP contribution in [0.15, 0.2) is 28.7 Å². The molecule has 3 nitrogen and oxygen atoms in total. The molecule has 3 heteroatoms. The minimum atomic E-state index is 0.796. The zero-order valence-corrected chi connectivity index (χ0v) is 13.8. The van der Waals surface area contributed by atoms with E-state index >= 15 is 0 Å². The summed E-state index contributed by atoms with van der Waals surface area (Å²) in [4.78, 5) is 2.27. The lowest BCUT2D eigenvalue weighted by molar-refractivity contribution is 0.463. The molecule has 0 aliphatic rings. The monoisotopic (exact) mass is 286 g/mol. The maximum absolute atomic E-state index is 5.81. The summed E-state index contributed by atoms with van der Waals surface area (Å²) in [6, 6.07) is 8.82. The van der Waals surface area contributed by atoms with E-state index in [0.717, 1.165) is 31.2 Å². The van der Waals surface area contributed by atoms with E-state index < -0.39 is 0 Å². The van der Waals surface area contributed by atoms with Crippen molar-refractivity contribution in [1.29, 1.82) is 0 Å². The first-order valence-corrected chi connectivity index (χ1v) is 7.58. The quantitative estimate of drug-likeness (QED) is 0.871. The Morgan fingerprint density at radius 1 is 1.05 bits per heavy atom. The first-order chi connectivity index (χ1) is 9.99. The van der Waals surface area contributed by atoms with Crippen LogP contribution in [-0.2, 0) is 13.1 Å². The van der Waals surface area contributed by atoms with Gasteiger partial charge in [0.05, 0.1) is 6.54 Å². The molecule has 0 fully saturated rings. The highest BCUT2D eigenvalue weighted by Gasteiger charge is 2.10. The minimum absolute atomic E-state index is 0.796. The molecule has 1 aromatic heterocycles. The van der Waals surface area contributed by atoms with Gasteiger partial charge in [-0.1, -0.05) is 13.0 Å². The van der Waals surface area contributed by atoms with E-state index in [2.05, 4.69) is 62.3 Å². The molecule has 0 amide bonds. The van der Waals surface area contributed by atoms with Gasteiger partial charge in [-0.15, -0.1) is 0 Å². The van der Waals surface area contributed by atoms with Gasteiger partial charge in [0.1, 0.15) is 11.5 Å². The summed E-state index contributed by atoms with van der Waals surface area (Å²) in [5, 5.41) is 3.30. The molecule has 1 aromatic carbocycles. The van der Waals surface area contributed by atoms with Crippen LogP contribution < -0.4 is 10.2 Å². The van der Waals surface area contributed by atoms with Gasteiger partial charge in [-0.05, 0) is 56.6 Å². The zero-order valence-electron chi connectivity index (χ0n) is 13.8. The van der Waals surface area contributed by atoms with Crippen molar-refractivity contribution in [3.8, 4) is 0 Å². The number of anilines is 1. The zero-order chi connectivity index (χ0) is 15.4. The second-order valence-corrected chi connectivity index (χ2v) is 5.78. The van der Waals surface area contributed by atoms with E-state index in [-0.39, 0.29) is 0 Å². The first kappa shape index (κ1) is 15.6. The first-order valence-electron chi connectivity index (χ1n) is 7.58. The molecule has 114 valence electrons. The molecule has 1 N–H and O–H groups in total. The topological polar surface area (TPSA) is 28.4 Å². The van der Waals surface area contributed by atoms with Crippen molar-refractivity contribution in [2.45, 2.75) is 40.8 Å². The summed E-state index contributed by atoms with van der Waals surface area (Å²) in [6.45, 7) is 11.0. The van der Waals surface area contributed by atoms with Gasteiger partial charge < -0.3 is 14.6 Å². The molecular formula is C18H26N2O. The lowest BCUT2D eigenvalue weighted by Gasteiger charge is -2.20. The number of nitrogens with zero attached hydrogens (tertiary/aromatic N) is 1. The summed E-state index contributed by atoms with van der Waals surface area (Å²) in [6.07, 6.45) is 0. The predicted molar refractivity (Wildman–Crippen MR) is 88.8 cm³/mol. The molecule has 0 saturated carbocycles. The van der Waals surface area contributed by atoms with Crippen molar-refractivity contribution in [2.24, 2.45) is 0 Å². The Hall–Kier alpha value is -1.74. The number of benzene rings is 1. The average molecular weight is 286 g/mol. The van der Waals surface area contributed by atoms with Crippen LogP contribution in [0.1, 0.15) is 35.1 Å². The highest BCUT2D eigenvalue weighted by molar-refractivity contribution is 5.50. The largest absolute Gasteiger partial charge is 0.465 e. The smallest absolute Gasteiger partial charge is 0.118 e. The second kappa shape index (κ2) is 6.81. The average Bonchev–Trinajstić information content (AvgIpc) is 2.76. The van der Waals surface area contributed by atoms with Crippen molar-refractivity contribution in [2.75, 3.05) is 18.5 Å². The summed E-state index contributed by atoms with van der Waals surface area (Å²) in [5.41, 5.74) is 5.10. The predicted octanol–water partition coefficient (Wildman–Crippen LogP) is 3.95. The van der Waals surface area contributed by atoms with Crippen molar-refractivity contribution in [3.05, 3.63) is 52.5 Å². The fourth-order valence-electron chi connectivity index (χ4n) is 2.60. The molecule has 0 radical (unpaired) electrons. The van der Waals surface area contributed by atoms with E-state index in [1.807, 2.05) is 6.92 Å². The molecule has 0 saturated heterocycles. The standard InChI is InChI=1S/C18H26N2O/c1-6-19-11-18-10-16(15(4)21-18)12-20(5)17-8-13(2)7-14(3)9-17/h7-10,19H,6,11-12H2,1-5H3. The summed E-state index contributed by atoms with van der Waals surface area (Å²) < 4.78 is 5.81. The molecule has 0 unspecified atom stereocenters. The number of aryl methyl sites for hydroxylation is 3. The Morgan fingerprint density at radius 2 is 1.71 bits per heavy atom. The van der Waals surface area contributed by atoms with Gasteiger partial charge in [-0.25, -0.2) is 0 Å². The molecule has 21 heavy (non-hydrogen) atoms. The molecule has 0 bridgehead atoms. The molecule has 2 aromatic rings. The Morgan fingerprint density at radius 3 is 2.33 bits per heavy atom. The number of hydrogen-bond acceptors (Lipinski definition) is 3. The van der Waals surface area contributed by atoms with Crippen LogP contribution in [0.3, 0.4) is 0 Å². The normalized spacial score (nSPS) is 10.9. The molecule has 0 spiro atoms. The third-order valence-corrected chi connectivity index (χ3v) is 3.68. The Balaban J connectivity index is 2.11. The number of hydrogen-bond donors (Lipinski definition) is 1. The van der Waals surface area contributed by atoms with Gasteiger partial charge in [-0.3, -0.25) is 0 Å². The Bertz CT molecular complexity index is 581. The van der Waals surface area contributed by atoms with Gasteiger partial charge in [0.2, 0.25) is 0 Å². The fraction of sp³-hybridized carbons (Fsp3) is 0.444. The summed E-state index contributed by atoms with van der Waals surface area (Å²) >= 11 is 0. The van der Waals surface area contributed by atoms with E-state index in [0.29, 0.717) is 0 Å². The number of nitrogens with one attached hydrogen (secondary N) is 1. The van der Waals surface area contributed by atoms with Crippen LogP contribution in [0, 0.1) is 20.8 Å². The van der Waals surface area contributed by atoms with Crippen LogP contribution in [-0.4, -0.2) is 13.6 Å². The molecule has 0 aliphatic carbocycles. The van der Waals surface area contributed by atoms with Crippen LogP contribution >= 0.6 is 0 Å². The van der Waals surface area contributed by atoms with Gasteiger partial charge in [0.15, 0.2) is 0 Å². The molecule has 0 aliphatic heterocycles. The van der Waals surface area contributed by atoms with E-state index in [4.69, 9.17) is 4.42 Å².